The molecule has 1 saturated heterocycles. The third-order valence-corrected chi connectivity index (χ3v) is 4.99. The fraction of sp³-hybridized carbons (Fsp3) is 0.478. The molecule has 1 aromatic carbocycles. The first-order valence-corrected chi connectivity index (χ1v) is 10.1. The number of aryl methyl sites for hydroxylation is 3. The van der Waals surface area contributed by atoms with Gasteiger partial charge < -0.3 is 19.7 Å². The van der Waals surface area contributed by atoms with Crippen molar-refractivity contribution < 1.29 is 14.3 Å². The summed E-state index contributed by atoms with van der Waals surface area (Å²) in [6, 6.07) is 8.12. The second-order valence-corrected chi connectivity index (χ2v) is 7.98. The van der Waals surface area contributed by atoms with Gasteiger partial charge in [0, 0.05) is 25.8 Å². The monoisotopic (exact) mass is 397 g/mol. The third-order valence-electron chi connectivity index (χ3n) is 4.99. The van der Waals surface area contributed by atoms with E-state index in [0.29, 0.717) is 6.54 Å². The summed E-state index contributed by atoms with van der Waals surface area (Å²) in [5, 5.41) is 2.90. The molecule has 6 nitrogen and oxygen atoms in total. The van der Waals surface area contributed by atoms with Crippen molar-refractivity contribution in [1.82, 2.24) is 10.3 Å². The van der Waals surface area contributed by atoms with Gasteiger partial charge in [-0.05, 0) is 57.4 Å². The minimum absolute atomic E-state index is 0.000191. The fourth-order valence-corrected chi connectivity index (χ4v) is 3.86. The second-order valence-electron chi connectivity index (χ2n) is 7.98. The van der Waals surface area contributed by atoms with Gasteiger partial charge in [0.25, 0.3) is 5.91 Å². The Bertz CT molecular complexity index is 818. The number of carbonyl (C=O) groups excluding carboxylic acids is 1. The molecule has 1 N–H and O–H groups in total. The highest BCUT2D eigenvalue weighted by atomic mass is 16.5. The van der Waals surface area contributed by atoms with Crippen LogP contribution in [0.25, 0.3) is 0 Å². The first kappa shape index (κ1) is 21.1. The number of carbonyl (C=O) groups is 1. The SMILES string of the molecule is Cc1cc(C)c(OCC(=O)NCc2ccc(N3CC(C)OC(C)C3)nc2)c(C)c1. The number of amides is 1. The Labute approximate surface area is 173 Å². The predicted molar refractivity (Wildman–Crippen MR) is 114 cm³/mol. The molecule has 2 aromatic rings. The highest BCUT2D eigenvalue weighted by molar-refractivity contribution is 5.77. The zero-order chi connectivity index (χ0) is 21.0. The van der Waals surface area contributed by atoms with Crippen molar-refractivity contribution in [2.45, 2.75) is 53.4 Å². The number of morpholine rings is 1. The maximum absolute atomic E-state index is 12.2. The van der Waals surface area contributed by atoms with E-state index in [1.54, 1.807) is 0 Å². The first-order valence-electron chi connectivity index (χ1n) is 10.1. The summed E-state index contributed by atoms with van der Waals surface area (Å²) in [5.74, 6) is 1.57. The van der Waals surface area contributed by atoms with Crippen LogP contribution >= 0.6 is 0 Å². The van der Waals surface area contributed by atoms with E-state index in [1.807, 2.05) is 32.2 Å². The average molecular weight is 398 g/mol. The molecule has 0 spiro atoms. The van der Waals surface area contributed by atoms with Gasteiger partial charge in [-0.25, -0.2) is 4.98 Å². The lowest BCUT2D eigenvalue weighted by Crippen LogP contribution is -2.45. The van der Waals surface area contributed by atoms with Crippen molar-refractivity contribution in [3.8, 4) is 5.75 Å². The summed E-state index contributed by atoms with van der Waals surface area (Å²) in [7, 11) is 0. The van der Waals surface area contributed by atoms with Gasteiger partial charge in [0.1, 0.15) is 11.6 Å². The van der Waals surface area contributed by atoms with E-state index in [2.05, 4.69) is 48.1 Å². The number of benzene rings is 1. The summed E-state index contributed by atoms with van der Waals surface area (Å²) in [6.45, 7) is 12.3. The first-order chi connectivity index (χ1) is 13.8. The lowest BCUT2D eigenvalue weighted by molar-refractivity contribution is -0.123. The maximum atomic E-state index is 12.2. The number of nitrogens with zero attached hydrogens (tertiary/aromatic N) is 2. The normalized spacial score (nSPS) is 19.1. The molecule has 0 radical (unpaired) electrons. The number of hydrogen-bond donors (Lipinski definition) is 1. The number of hydrogen-bond acceptors (Lipinski definition) is 5. The van der Waals surface area contributed by atoms with Crippen molar-refractivity contribution in [3.63, 3.8) is 0 Å². The van der Waals surface area contributed by atoms with E-state index < -0.39 is 0 Å². The minimum Gasteiger partial charge on any atom is -0.483 e. The van der Waals surface area contributed by atoms with Gasteiger partial charge in [-0.3, -0.25) is 4.79 Å². The maximum Gasteiger partial charge on any atom is 0.258 e. The molecule has 1 aromatic heterocycles. The molecule has 6 heteroatoms. The van der Waals surface area contributed by atoms with Crippen LogP contribution in [0.5, 0.6) is 5.75 Å². The predicted octanol–water partition coefficient (Wildman–Crippen LogP) is 3.32. The largest absolute Gasteiger partial charge is 0.483 e. The highest BCUT2D eigenvalue weighted by Crippen LogP contribution is 2.24. The van der Waals surface area contributed by atoms with Crippen LogP contribution in [-0.2, 0) is 16.1 Å². The van der Waals surface area contributed by atoms with E-state index in [-0.39, 0.29) is 24.7 Å². The second kappa shape index (κ2) is 9.27. The molecule has 3 rings (SSSR count). The van der Waals surface area contributed by atoms with Crippen LogP contribution in [0.15, 0.2) is 30.5 Å². The summed E-state index contributed by atoms with van der Waals surface area (Å²) in [6.07, 6.45) is 2.20. The molecule has 156 valence electrons. The van der Waals surface area contributed by atoms with Gasteiger partial charge in [-0.15, -0.1) is 0 Å². The molecule has 1 aliphatic rings. The Morgan fingerprint density at radius 2 is 1.83 bits per heavy atom. The number of nitrogens with one attached hydrogen (secondary N) is 1. The molecule has 0 aliphatic carbocycles. The van der Waals surface area contributed by atoms with Crippen LogP contribution in [0.4, 0.5) is 5.82 Å². The van der Waals surface area contributed by atoms with Gasteiger partial charge in [0.2, 0.25) is 0 Å². The van der Waals surface area contributed by atoms with Crippen molar-refractivity contribution in [2.75, 3.05) is 24.6 Å². The minimum atomic E-state index is -0.149. The Morgan fingerprint density at radius 1 is 1.17 bits per heavy atom. The van der Waals surface area contributed by atoms with Crippen LogP contribution in [-0.4, -0.2) is 42.8 Å². The zero-order valence-electron chi connectivity index (χ0n) is 18.0. The van der Waals surface area contributed by atoms with Crippen molar-refractivity contribution in [2.24, 2.45) is 0 Å². The van der Waals surface area contributed by atoms with Crippen molar-refractivity contribution in [3.05, 3.63) is 52.7 Å². The van der Waals surface area contributed by atoms with Crippen LogP contribution in [0.2, 0.25) is 0 Å². The van der Waals surface area contributed by atoms with Crippen molar-refractivity contribution >= 4 is 11.7 Å². The van der Waals surface area contributed by atoms with Crippen LogP contribution < -0.4 is 15.0 Å². The Morgan fingerprint density at radius 3 is 2.41 bits per heavy atom. The average Bonchev–Trinajstić information content (AvgIpc) is 2.65. The number of rotatable bonds is 6. The quantitative estimate of drug-likeness (QED) is 0.810. The number of aromatic nitrogens is 1. The van der Waals surface area contributed by atoms with E-state index in [1.165, 1.54) is 5.56 Å². The fourth-order valence-electron chi connectivity index (χ4n) is 3.86. The summed E-state index contributed by atoms with van der Waals surface area (Å²) in [4.78, 5) is 19.0. The molecular formula is C23H31N3O3. The molecule has 0 saturated carbocycles. The molecule has 1 aliphatic heterocycles. The Kier molecular flexibility index (Phi) is 6.75. The van der Waals surface area contributed by atoms with Gasteiger partial charge >= 0.3 is 0 Å². The van der Waals surface area contributed by atoms with Crippen LogP contribution in [0, 0.1) is 20.8 Å². The molecule has 1 fully saturated rings. The van der Waals surface area contributed by atoms with Gasteiger partial charge in [0.05, 0.1) is 12.2 Å². The Balaban J connectivity index is 1.49. The highest BCUT2D eigenvalue weighted by Gasteiger charge is 2.23. The molecule has 29 heavy (non-hydrogen) atoms. The topological polar surface area (TPSA) is 63.7 Å². The lowest BCUT2D eigenvalue weighted by atomic mass is 10.1. The zero-order valence-corrected chi connectivity index (χ0v) is 18.0. The van der Waals surface area contributed by atoms with E-state index >= 15 is 0 Å². The van der Waals surface area contributed by atoms with E-state index in [0.717, 1.165) is 41.3 Å². The smallest absolute Gasteiger partial charge is 0.258 e. The van der Waals surface area contributed by atoms with Crippen LogP contribution in [0.1, 0.15) is 36.1 Å². The molecule has 0 bridgehead atoms. The lowest BCUT2D eigenvalue weighted by Gasteiger charge is -2.36. The standard InChI is InChI=1S/C23H31N3O3/c1-15-8-16(2)23(17(3)9-15)28-14-22(27)25-11-20-6-7-21(24-10-20)26-12-18(4)29-19(5)13-26/h6-10,18-19H,11-14H2,1-5H3,(H,25,27). The summed E-state index contributed by atoms with van der Waals surface area (Å²) in [5.41, 5.74) is 4.23. The van der Waals surface area contributed by atoms with E-state index in [4.69, 9.17) is 9.47 Å². The van der Waals surface area contributed by atoms with Crippen LogP contribution in [0.3, 0.4) is 0 Å². The van der Waals surface area contributed by atoms with Gasteiger partial charge in [-0.1, -0.05) is 23.8 Å². The Hall–Kier alpha value is -2.60. The van der Waals surface area contributed by atoms with Gasteiger partial charge in [-0.2, -0.15) is 0 Å². The van der Waals surface area contributed by atoms with Gasteiger partial charge in [0.15, 0.2) is 6.61 Å². The molecule has 2 heterocycles. The van der Waals surface area contributed by atoms with E-state index in [9.17, 15) is 4.79 Å². The molecular weight excluding hydrogens is 366 g/mol. The van der Waals surface area contributed by atoms with Crippen molar-refractivity contribution in [1.29, 1.82) is 0 Å². The molecule has 2 unspecified atom stereocenters. The number of ether oxygens (including phenoxy) is 2. The third kappa shape index (κ3) is 5.70. The number of pyridine rings is 1. The summed E-state index contributed by atoms with van der Waals surface area (Å²) < 4.78 is 11.5. The molecule has 2 atom stereocenters. The number of anilines is 1. The summed E-state index contributed by atoms with van der Waals surface area (Å²) >= 11 is 0. The molecule has 1 amide bonds.